The number of ether oxygens (including phenoxy) is 2. The first-order valence-corrected chi connectivity index (χ1v) is 10.6. The molecule has 0 unspecified atom stereocenters. The molecule has 2 heterocycles. The maximum Gasteiger partial charge on any atom is 0.269 e. The van der Waals surface area contributed by atoms with E-state index in [1.807, 2.05) is 30.3 Å². The summed E-state index contributed by atoms with van der Waals surface area (Å²) in [5.41, 5.74) is 1.59. The third-order valence-corrected chi connectivity index (χ3v) is 5.67. The Kier molecular flexibility index (Phi) is 5.10. The predicted molar refractivity (Wildman–Crippen MR) is 128 cm³/mol. The van der Waals surface area contributed by atoms with Gasteiger partial charge in [0.05, 0.1) is 21.5 Å². The van der Waals surface area contributed by atoms with Gasteiger partial charge in [-0.25, -0.2) is 4.98 Å². The average Bonchev–Trinajstić information content (AvgIpc) is 3.26. The van der Waals surface area contributed by atoms with Crippen molar-refractivity contribution in [3.63, 3.8) is 0 Å². The maximum absolute atomic E-state index is 13.4. The standard InChI is InChI=1S/C23H14IN3O5/c24-15-3-8-19-18(12-15)23(28)26(16-4-6-17(7-5-16)27(29)30)22(25-19)10-2-14-1-9-20-21(11-14)32-13-31-20/h1-12H,13H2/b10-2+. The molecular formula is C23H14IN3O5. The minimum absolute atomic E-state index is 0.0532. The number of nitrogens with zero attached hydrogens (tertiary/aromatic N) is 3. The number of aromatic nitrogens is 2. The summed E-state index contributed by atoms with van der Waals surface area (Å²) >= 11 is 2.14. The Morgan fingerprint density at radius 3 is 2.56 bits per heavy atom. The van der Waals surface area contributed by atoms with E-state index >= 15 is 0 Å². The van der Waals surface area contributed by atoms with Crippen LogP contribution in [-0.2, 0) is 0 Å². The fourth-order valence-electron chi connectivity index (χ4n) is 3.45. The van der Waals surface area contributed by atoms with E-state index < -0.39 is 4.92 Å². The molecule has 9 heteroatoms. The Labute approximate surface area is 195 Å². The smallest absolute Gasteiger partial charge is 0.269 e. The average molecular weight is 539 g/mol. The lowest BCUT2D eigenvalue weighted by molar-refractivity contribution is -0.384. The van der Waals surface area contributed by atoms with Crippen LogP contribution in [0.25, 0.3) is 28.7 Å². The van der Waals surface area contributed by atoms with Crippen molar-refractivity contribution in [1.82, 2.24) is 9.55 Å². The number of nitro groups is 1. The Morgan fingerprint density at radius 2 is 1.78 bits per heavy atom. The van der Waals surface area contributed by atoms with Gasteiger partial charge in [0.1, 0.15) is 5.82 Å². The van der Waals surface area contributed by atoms with E-state index in [1.165, 1.54) is 16.7 Å². The highest BCUT2D eigenvalue weighted by molar-refractivity contribution is 14.1. The van der Waals surface area contributed by atoms with Crippen LogP contribution in [0.3, 0.4) is 0 Å². The molecule has 1 aliphatic heterocycles. The highest BCUT2D eigenvalue weighted by Crippen LogP contribution is 2.33. The molecule has 0 atom stereocenters. The van der Waals surface area contributed by atoms with Gasteiger partial charge in [-0.3, -0.25) is 19.5 Å². The van der Waals surface area contributed by atoms with Gasteiger partial charge >= 0.3 is 0 Å². The zero-order valence-electron chi connectivity index (χ0n) is 16.4. The summed E-state index contributed by atoms with van der Waals surface area (Å²) in [5.74, 6) is 1.74. The molecule has 0 bridgehead atoms. The Bertz CT molecular complexity index is 1460. The van der Waals surface area contributed by atoms with E-state index in [2.05, 4.69) is 27.6 Å². The largest absolute Gasteiger partial charge is 0.454 e. The summed E-state index contributed by atoms with van der Waals surface area (Å²) in [6.45, 7) is 0.188. The van der Waals surface area contributed by atoms with Crippen molar-refractivity contribution in [3.05, 3.63) is 96.1 Å². The lowest BCUT2D eigenvalue weighted by atomic mass is 10.1. The third-order valence-electron chi connectivity index (χ3n) is 5.00. The number of halogens is 1. The van der Waals surface area contributed by atoms with Crippen molar-refractivity contribution in [1.29, 1.82) is 0 Å². The fraction of sp³-hybridized carbons (Fsp3) is 0.0435. The van der Waals surface area contributed by atoms with Gasteiger partial charge in [0.15, 0.2) is 11.5 Å². The highest BCUT2D eigenvalue weighted by Gasteiger charge is 2.15. The number of rotatable bonds is 4. The third kappa shape index (κ3) is 3.71. The second-order valence-corrected chi connectivity index (χ2v) is 8.24. The van der Waals surface area contributed by atoms with Crippen LogP contribution >= 0.6 is 22.6 Å². The van der Waals surface area contributed by atoms with E-state index in [0.717, 1.165) is 9.13 Å². The predicted octanol–water partition coefficient (Wildman–Crippen LogP) is 4.80. The van der Waals surface area contributed by atoms with Gasteiger partial charge < -0.3 is 9.47 Å². The maximum atomic E-state index is 13.4. The van der Waals surface area contributed by atoms with Gasteiger partial charge in [0, 0.05) is 15.7 Å². The van der Waals surface area contributed by atoms with Gasteiger partial charge in [-0.2, -0.15) is 0 Å². The number of benzene rings is 3. The number of hydrogen-bond donors (Lipinski definition) is 0. The molecule has 158 valence electrons. The zero-order valence-corrected chi connectivity index (χ0v) is 18.6. The Hall–Kier alpha value is -3.73. The first-order valence-electron chi connectivity index (χ1n) is 9.54. The summed E-state index contributed by atoms with van der Waals surface area (Å²) in [6, 6.07) is 16.8. The van der Waals surface area contributed by atoms with Crippen LogP contribution < -0.4 is 15.0 Å². The molecule has 1 aromatic heterocycles. The number of nitro benzene ring substituents is 1. The minimum Gasteiger partial charge on any atom is -0.454 e. The molecule has 0 saturated heterocycles. The quantitative estimate of drug-likeness (QED) is 0.210. The van der Waals surface area contributed by atoms with Gasteiger partial charge in [0.25, 0.3) is 11.2 Å². The van der Waals surface area contributed by atoms with E-state index in [1.54, 1.807) is 30.3 Å². The highest BCUT2D eigenvalue weighted by atomic mass is 127. The van der Waals surface area contributed by atoms with Crippen LogP contribution in [0, 0.1) is 13.7 Å². The fourth-order valence-corrected chi connectivity index (χ4v) is 3.94. The summed E-state index contributed by atoms with van der Waals surface area (Å²) in [6.07, 6.45) is 3.56. The van der Waals surface area contributed by atoms with E-state index in [4.69, 9.17) is 9.47 Å². The van der Waals surface area contributed by atoms with Crippen molar-refractivity contribution < 1.29 is 14.4 Å². The zero-order chi connectivity index (χ0) is 22.2. The van der Waals surface area contributed by atoms with E-state index in [9.17, 15) is 14.9 Å². The number of non-ortho nitro benzene ring substituents is 1. The molecule has 4 aromatic rings. The molecule has 8 nitrogen and oxygen atoms in total. The molecule has 0 spiro atoms. The molecule has 0 fully saturated rings. The topological polar surface area (TPSA) is 96.5 Å². The Morgan fingerprint density at radius 1 is 1.00 bits per heavy atom. The van der Waals surface area contributed by atoms with Crippen LogP contribution in [0.4, 0.5) is 5.69 Å². The Balaban J connectivity index is 1.66. The van der Waals surface area contributed by atoms with Crippen molar-refractivity contribution in [3.8, 4) is 17.2 Å². The van der Waals surface area contributed by atoms with Gasteiger partial charge in [-0.05, 0) is 76.7 Å². The molecule has 3 aromatic carbocycles. The molecule has 0 radical (unpaired) electrons. The van der Waals surface area contributed by atoms with Crippen LogP contribution in [-0.4, -0.2) is 21.3 Å². The first kappa shape index (κ1) is 20.2. The lowest BCUT2D eigenvalue weighted by Gasteiger charge is -2.11. The SMILES string of the molecule is O=c1c2cc(I)ccc2nc(/C=C/c2ccc3c(c2)OCO3)n1-c1ccc([N+](=O)[O-])cc1. The number of fused-ring (bicyclic) bond motifs is 2. The molecule has 0 aliphatic carbocycles. The molecule has 32 heavy (non-hydrogen) atoms. The number of hydrogen-bond acceptors (Lipinski definition) is 6. The van der Waals surface area contributed by atoms with Crippen LogP contribution in [0.15, 0.2) is 65.5 Å². The van der Waals surface area contributed by atoms with Crippen LogP contribution in [0.2, 0.25) is 0 Å². The van der Waals surface area contributed by atoms with Crippen molar-refractivity contribution in [2.24, 2.45) is 0 Å². The first-order chi connectivity index (χ1) is 15.5. The summed E-state index contributed by atoms with van der Waals surface area (Å²) in [7, 11) is 0. The molecule has 0 N–H and O–H groups in total. The second-order valence-electron chi connectivity index (χ2n) is 6.99. The molecule has 1 aliphatic rings. The monoisotopic (exact) mass is 539 g/mol. The normalized spacial score (nSPS) is 12.5. The molecular weight excluding hydrogens is 525 g/mol. The van der Waals surface area contributed by atoms with Crippen LogP contribution in [0.1, 0.15) is 11.4 Å². The molecule has 0 amide bonds. The van der Waals surface area contributed by atoms with Gasteiger partial charge in [-0.1, -0.05) is 12.1 Å². The van der Waals surface area contributed by atoms with Crippen molar-refractivity contribution in [2.45, 2.75) is 0 Å². The van der Waals surface area contributed by atoms with E-state index in [0.29, 0.717) is 33.9 Å². The second kappa shape index (κ2) is 8.08. The van der Waals surface area contributed by atoms with Crippen molar-refractivity contribution in [2.75, 3.05) is 6.79 Å². The summed E-state index contributed by atoms with van der Waals surface area (Å²) in [4.78, 5) is 28.6. The molecule has 0 saturated carbocycles. The van der Waals surface area contributed by atoms with E-state index in [-0.39, 0.29) is 18.0 Å². The van der Waals surface area contributed by atoms with Crippen molar-refractivity contribution >= 4 is 51.3 Å². The minimum atomic E-state index is -0.478. The lowest BCUT2D eigenvalue weighted by Crippen LogP contribution is -2.22. The van der Waals surface area contributed by atoms with Gasteiger partial charge in [-0.15, -0.1) is 0 Å². The summed E-state index contributed by atoms with van der Waals surface area (Å²) < 4.78 is 13.1. The van der Waals surface area contributed by atoms with Crippen LogP contribution in [0.5, 0.6) is 11.5 Å². The summed E-state index contributed by atoms with van der Waals surface area (Å²) in [5, 5.41) is 11.5. The molecule has 5 rings (SSSR count). The van der Waals surface area contributed by atoms with Gasteiger partial charge in [0.2, 0.25) is 6.79 Å².